The maximum absolute atomic E-state index is 12.8. The van der Waals surface area contributed by atoms with Gasteiger partial charge in [0, 0.05) is 6.42 Å². The second-order valence-electron chi connectivity index (χ2n) is 8.34. The van der Waals surface area contributed by atoms with E-state index in [1.54, 1.807) is 0 Å². The van der Waals surface area contributed by atoms with Crippen LogP contribution in [0.5, 0.6) is 0 Å². The van der Waals surface area contributed by atoms with Gasteiger partial charge in [0.05, 0.1) is 11.0 Å². The second-order valence-corrected chi connectivity index (χ2v) is 8.34. The standard InChI is InChI=1S/C18H32O3/c1-6-17(5,13(2)3)15(19)21-18-9-7-8-14(11-18)10-16(4,20)12-18/h13-14,20H,6-12H2,1-5H3. The molecule has 21 heavy (non-hydrogen) atoms. The highest BCUT2D eigenvalue weighted by atomic mass is 16.6. The van der Waals surface area contributed by atoms with E-state index >= 15 is 0 Å². The molecular weight excluding hydrogens is 264 g/mol. The van der Waals surface area contributed by atoms with Crippen LogP contribution >= 0.6 is 0 Å². The Hall–Kier alpha value is -0.570. The number of carbonyl (C=O) groups is 1. The van der Waals surface area contributed by atoms with E-state index in [4.69, 9.17) is 4.74 Å². The van der Waals surface area contributed by atoms with E-state index in [2.05, 4.69) is 20.8 Å². The number of hydrogen-bond donors (Lipinski definition) is 1. The van der Waals surface area contributed by atoms with Gasteiger partial charge in [0.1, 0.15) is 5.60 Å². The molecule has 122 valence electrons. The fourth-order valence-corrected chi connectivity index (χ4v) is 4.40. The topological polar surface area (TPSA) is 46.5 Å². The van der Waals surface area contributed by atoms with Crippen molar-refractivity contribution in [2.45, 2.75) is 90.8 Å². The third-order valence-electron chi connectivity index (χ3n) is 6.12. The molecule has 0 saturated heterocycles. The van der Waals surface area contributed by atoms with E-state index in [9.17, 15) is 9.90 Å². The largest absolute Gasteiger partial charge is 0.459 e. The van der Waals surface area contributed by atoms with Gasteiger partial charge in [0.25, 0.3) is 0 Å². The fourth-order valence-electron chi connectivity index (χ4n) is 4.40. The van der Waals surface area contributed by atoms with Crippen molar-refractivity contribution in [3.8, 4) is 0 Å². The molecule has 4 atom stereocenters. The summed E-state index contributed by atoms with van der Waals surface area (Å²) in [6, 6.07) is 0. The molecule has 0 aromatic heterocycles. The minimum Gasteiger partial charge on any atom is -0.459 e. The summed E-state index contributed by atoms with van der Waals surface area (Å²) in [7, 11) is 0. The lowest BCUT2D eigenvalue weighted by molar-refractivity contribution is -0.197. The fraction of sp³-hybridized carbons (Fsp3) is 0.944. The highest BCUT2D eigenvalue weighted by molar-refractivity contribution is 5.77. The summed E-state index contributed by atoms with van der Waals surface area (Å²) >= 11 is 0. The van der Waals surface area contributed by atoms with Crippen molar-refractivity contribution in [3.05, 3.63) is 0 Å². The lowest BCUT2D eigenvalue weighted by Gasteiger charge is -2.51. The van der Waals surface area contributed by atoms with Gasteiger partial charge >= 0.3 is 5.97 Å². The normalized spacial score (nSPS) is 38.9. The van der Waals surface area contributed by atoms with E-state index in [-0.39, 0.29) is 11.9 Å². The summed E-state index contributed by atoms with van der Waals surface area (Å²) in [5.41, 5.74) is -1.54. The van der Waals surface area contributed by atoms with Crippen LogP contribution in [0.4, 0.5) is 0 Å². The van der Waals surface area contributed by atoms with E-state index < -0.39 is 16.6 Å². The van der Waals surface area contributed by atoms with Gasteiger partial charge in [-0.1, -0.05) is 27.2 Å². The number of aliphatic hydroxyl groups is 1. The van der Waals surface area contributed by atoms with Crippen molar-refractivity contribution in [1.82, 2.24) is 0 Å². The molecule has 4 unspecified atom stereocenters. The SMILES string of the molecule is CCC(C)(C(=O)OC12CCCC(CC(C)(O)C1)C2)C(C)C. The zero-order valence-electron chi connectivity index (χ0n) is 14.4. The van der Waals surface area contributed by atoms with Gasteiger partial charge < -0.3 is 9.84 Å². The summed E-state index contributed by atoms with van der Waals surface area (Å²) in [4.78, 5) is 12.8. The third-order valence-corrected chi connectivity index (χ3v) is 6.12. The van der Waals surface area contributed by atoms with Crippen LogP contribution in [0.3, 0.4) is 0 Å². The predicted octanol–water partition coefficient (Wildman–Crippen LogP) is 4.08. The van der Waals surface area contributed by atoms with Crippen molar-refractivity contribution in [3.63, 3.8) is 0 Å². The highest BCUT2D eigenvalue weighted by Crippen LogP contribution is 2.50. The summed E-state index contributed by atoms with van der Waals surface area (Å²) < 4.78 is 6.10. The first-order valence-corrected chi connectivity index (χ1v) is 8.58. The third kappa shape index (κ3) is 3.28. The molecule has 1 N–H and O–H groups in total. The summed E-state index contributed by atoms with van der Waals surface area (Å²) in [5, 5.41) is 10.5. The summed E-state index contributed by atoms with van der Waals surface area (Å²) in [5.74, 6) is 0.690. The Morgan fingerprint density at radius 2 is 2.10 bits per heavy atom. The molecule has 3 heteroatoms. The molecule has 2 rings (SSSR count). The van der Waals surface area contributed by atoms with Gasteiger partial charge in [-0.15, -0.1) is 0 Å². The molecule has 0 heterocycles. The first-order valence-electron chi connectivity index (χ1n) is 8.58. The molecule has 3 nitrogen and oxygen atoms in total. The number of ether oxygens (including phenoxy) is 1. The number of carbonyl (C=O) groups excluding carboxylic acids is 1. The van der Waals surface area contributed by atoms with Gasteiger partial charge in [-0.2, -0.15) is 0 Å². The monoisotopic (exact) mass is 296 g/mol. The van der Waals surface area contributed by atoms with Gasteiger partial charge in [-0.25, -0.2) is 0 Å². The molecule has 0 aliphatic heterocycles. The number of esters is 1. The maximum Gasteiger partial charge on any atom is 0.312 e. The second kappa shape index (κ2) is 5.57. The average molecular weight is 296 g/mol. The predicted molar refractivity (Wildman–Crippen MR) is 83.9 cm³/mol. The first kappa shape index (κ1) is 16.8. The molecule has 0 spiro atoms. The Morgan fingerprint density at radius 1 is 1.43 bits per heavy atom. The van der Waals surface area contributed by atoms with Gasteiger partial charge in [0.2, 0.25) is 0 Å². The lowest BCUT2D eigenvalue weighted by atomic mass is 9.63. The van der Waals surface area contributed by atoms with Gasteiger partial charge in [-0.3, -0.25) is 4.79 Å². The van der Waals surface area contributed by atoms with Crippen LogP contribution in [-0.4, -0.2) is 22.3 Å². The Morgan fingerprint density at radius 3 is 2.67 bits per heavy atom. The van der Waals surface area contributed by atoms with Crippen LogP contribution in [0.2, 0.25) is 0 Å². The van der Waals surface area contributed by atoms with E-state index in [1.807, 2.05) is 13.8 Å². The van der Waals surface area contributed by atoms with Crippen LogP contribution in [0.25, 0.3) is 0 Å². The summed E-state index contributed by atoms with van der Waals surface area (Å²) in [6.07, 6.45) is 6.35. The molecule has 0 aromatic rings. The molecule has 0 amide bonds. The molecular formula is C18H32O3. The first-order chi connectivity index (χ1) is 9.62. The lowest BCUT2D eigenvalue weighted by Crippen LogP contribution is -2.53. The minimum absolute atomic E-state index is 0.0710. The highest BCUT2D eigenvalue weighted by Gasteiger charge is 2.51. The van der Waals surface area contributed by atoms with Crippen molar-refractivity contribution >= 4 is 5.97 Å². The number of fused-ring (bicyclic) bond motifs is 2. The van der Waals surface area contributed by atoms with Crippen molar-refractivity contribution in [1.29, 1.82) is 0 Å². The van der Waals surface area contributed by atoms with Crippen molar-refractivity contribution in [2.75, 3.05) is 0 Å². The van der Waals surface area contributed by atoms with Crippen molar-refractivity contribution < 1.29 is 14.6 Å². The van der Waals surface area contributed by atoms with E-state index in [0.717, 1.165) is 38.5 Å². The van der Waals surface area contributed by atoms with Crippen LogP contribution < -0.4 is 0 Å². The number of hydrogen-bond acceptors (Lipinski definition) is 3. The molecule has 2 fully saturated rings. The van der Waals surface area contributed by atoms with Crippen LogP contribution in [0.15, 0.2) is 0 Å². The molecule has 2 aliphatic rings. The van der Waals surface area contributed by atoms with Crippen molar-refractivity contribution in [2.24, 2.45) is 17.3 Å². The Bertz CT molecular complexity index is 401. The van der Waals surface area contributed by atoms with E-state index in [0.29, 0.717) is 12.3 Å². The van der Waals surface area contributed by atoms with Gasteiger partial charge in [-0.05, 0) is 57.8 Å². The van der Waals surface area contributed by atoms with Gasteiger partial charge in [0.15, 0.2) is 0 Å². The quantitative estimate of drug-likeness (QED) is 0.795. The molecule has 2 aliphatic carbocycles. The Balaban J connectivity index is 2.18. The van der Waals surface area contributed by atoms with E-state index in [1.165, 1.54) is 0 Å². The van der Waals surface area contributed by atoms with Crippen LogP contribution in [0.1, 0.15) is 79.6 Å². The van der Waals surface area contributed by atoms with Crippen LogP contribution in [0, 0.1) is 17.3 Å². The van der Waals surface area contributed by atoms with Crippen LogP contribution in [-0.2, 0) is 9.53 Å². The molecule has 0 radical (unpaired) electrons. The maximum atomic E-state index is 12.8. The Labute approximate surface area is 129 Å². The average Bonchev–Trinajstić information content (AvgIpc) is 2.34. The number of rotatable bonds is 4. The zero-order chi connectivity index (χ0) is 15.9. The smallest absolute Gasteiger partial charge is 0.312 e. The zero-order valence-corrected chi connectivity index (χ0v) is 14.4. The molecule has 2 saturated carbocycles. The Kier molecular flexibility index (Phi) is 4.45. The summed E-state index contributed by atoms with van der Waals surface area (Å²) in [6.45, 7) is 10.1. The molecule has 0 aromatic carbocycles. The molecule has 2 bridgehead atoms. The minimum atomic E-state index is -0.690.